The van der Waals surface area contributed by atoms with Crippen LogP contribution in [0.25, 0.3) is 0 Å². The molecule has 1 aromatic rings. The van der Waals surface area contributed by atoms with Gasteiger partial charge in [0.05, 0.1) is 6.10 Å². The standard InChI is InChI=1S/C13H22N2OS/c1-5-12(9-17-4)15(3)13-7-6-11(8-14-13)10(2)16/h6-8,10,12,16H,5,9H2,1-4H3/t10-,12?/m1/s1. The molecule has 1 N–H and O–H groups in total. The Morgan fingerprint density at radius 2 is 2.18 bits per heavy atom. The number of thioether (sulfide) groups is 1. The Hall–Kier alpha value is -0.740. The lowest BCUT2D eigenvalue weighted by atomic mass is 10.2. The van der Waals surface area contributed by atoms with Crippen molar-refractivity contribution in [2.75, 3.05) is 24.0 Å². The molecule has 0 aliphatic carbocycles. The maximum Gasteiger partial charge on any atom is 0.128 e. The fourth-order valence-corrected chi connectivity index (χ4v) is 2.58. The largest absolute Gasteiger partial charge is 0.389 e. The summed E-state index contributed by atoms with van der Waals surface area (Å²) in [6.07, 6.45) is 4.54. The zero-order valence-electron chi connectivity index (χ0n) is 11.1. The van der Waals surface area contributed by atoms with Gasteiger partial charge < -0.3 is 10.0 Å². The van der Waals surface area contributed by atoms with Crippen molar-refractivity contribution in [3.63, 3.8) is 0 Å². The van der Waals surface area contributed by atoms with Crippen molar-refractivity contribution in [2.24, 2.45) is 0 Å². The topological polar surface area (TPSA) is 36.4 Å². The molecule has 0 radical (unpaired) electrons. The van der Waals surface area contributed by atoms with E-state index >= 15 is 0 Å². The van der Waals surface area contributed by atoms with Crippen molar-refractivity contribution in [1.82, 2.24) is 4.98 Å². The lowest BCUT2D eigenvalue weighted by Gasteiger charge is -2.27. The highest BCUT2D eigenvalue weighted by Crippen LogP contribution is 2.19. The van der Waals surface area contributed by atoms with Crippen molar-refractivity contribution in [3.8, 4) is 0 Å². The number of rotatable bonds is 6. The fraction of sp³-hybridized carbons (Fsp3) is 0.615. The van der Waals surface area contributed by atoms with E-state index in [1.165, 1.54) is 0 Å². The van der Waals surface area contributed by atoms with Gasteiger partial charge in [-0.2, -0.15) is 11.8 Å². The molecule has 0 spiro atoms. The minimum atomic E-state index is -0.449. The van der Waals surface area contributed by atoms with Crippen LogP contribution in [0.4, 0.5) is 5.82 Å². The number of aliphatic hydroxyl groups excluding tert-OH is 1. The molecule has 0 aliphatic heterocycles. The molecule has 3 nitrogen and oxygen atoms in total. The van der Waals surface area contributed by atoms with Crippen LogP contribution < -0.4 is 4.90 Å². The number of anilines is 1. The number of nitrogens with zero attached hydrogens (tertiary/aromatic N) is 2. The molecule has 0 fully saturated rings. The van der Waals surface area contributed by atoms with Crippen molar-refractivity contribution in [3.05, 3.63) is 23.9 Å². The maximum absolute atomic E-state index is 9.44. The molecule has 0 saturated carbocycles. The van der Waals surface area contributed by atoms with Crippen LogP contribution in [0.5, 0.6) is 0 Å². The number of hydrogen-bond donors (Lipinski definition) is 1. The molecule has 1 aromatic heterocycles. The zero-order chi connectivity index (χ0) is 12.8. The Kier molecular flexibility index (Phi) is 5.78. The van der Waals surface area contributed by atoms with E-state index in [4.69, 9.17) is 0 Å². The van der Waals surface area contributed by atoms with Crippen LogP contribution in [0, 0.1) is 0 Å². The predicted molar refractivity (Wildman–Crippen MR) is 75.7 cm³/mol. The Balaban J connectivity index is 2.77. The molecule has 0 aliphatic rings. The minimum absolute atomic E-state index is 0.449. The first-order chi connectivity index (χ1) is 8.10. The van der Waals surface area contributed by atoms with Crippen molar-refractivity contribution in [2.45, 2.75) is 32.4 Å². The summed E-state index contributed by atoms with van der Waals surface area (Å²) in [5.41, 5.74) is 0.861. The van der Waals surface area contributed by atoms with Crippen LogP contribution in [0.1, 0.15) is 31.9 Å². The van der Waals surface area contributed by atoms with Crippen molar-refractivity contribution in [1.29, 1.82) is 0 Å². The van der Waals surface area contributed by atoms with Gasteiger partial charge in [-0.3, -0.25) is 0 Å². The molecule has 2 atom stereocenters. The number of hydrogen-bond acceptors (Lipinski definition) is 4. The smallest absolute Gasteiger partial charge is 0.128 e. The molecule has 17 heavy (non-hydrogen) atoms. The molecule has 1 heterocycles. The molecule has 96 valence electrons. The van der Waals surface area contributed by atoms with E-state index in [1.54, 1.807) is 13.1 Å². The average Bonchev–Trinajstić information content (AvgIpc) is 2.35. The molecular weight excluding hydrogens is 232 g/mol. The highest BCUT2D eigenvalue weighted by molar-refractivity contribution is 7.98. The fourth-order valence-electron chi connectivity index (χ4n) is 1.74. The van der Waals surface area contributed by atoms with E-state index < -0.39 is 6.10 Å². The van der Waals surface area contributed by atoms with Crippen molar-refractivity contribution < 1.29 is 5.11 Å². The number of pyridine rings is 1. The Morgan fingerprint density at radius 3 is 2.59 bits per heavy atom. The second-order valence-corrected chi connectivity index (χ2v) is 5.16. The zero-order valence-corrected chi connectivity index (χ0v) is 11.9. The van der Waals surface area contributed by atoms with E-state index in [0.717, 1.165) is 23.6 Å². The summed E-state index contributed by atoms with van der Waals surface area (Å²) in [6.45, 7) is 3.95. The van der Waals surface area contributed by atoms with Gasteiger partial charge in [0, 0.05) is 25.0 Å². The lowest BCUT2D eigenvalue weighted by molar-refractivity contribution is 0.199. The van der Waals surface area contributed by atoms with Crippen LogP contribution in [0.3, 0.4) is 0 Å². The van der Waals surface area contributed by atoms with Gasteiger partial charge in [0.15, 0.2) is 0 Å². The predicted octanol–water partition coefficient (Wildman–Crippen LogP) is 2.71. The molecule has 0 bridgehead atoms. The van der Waals surface area contributed by atoms with Crippen molar-refractivity contribution >= 4 is 17.6 Å². The number of aromatic nitrogens is 1. The average molecular weight is 254 g/mol. The summed E-state index contributed by atoms with van der Waals surface area (Å²) >= 11 is 1.86. The van der Waals surface area contributed by atoms with Gasteiger partial charge in [0.1, 0.15) is 5.82 Å². The summed E-state index contributed by atoms with van der Waals surface area (Å²) < 4.78 is 0. The Morgan fingerprint density at radius 1 is 1.47 bits per heavy atom. The van der Waals surface area contributed by atoms with Crippen LogP contribution in [0.2, 0.25) is 0 Å². The molecule has 0 saturated heterocycles. The Labute approximate surface area is 108 Å². The third-order valence-corrected chi connectivity index (χ3v) is 3.71. The summed E-state index contributed by atoms with van der Waals surface area (Å²) in [7, 11) is 2.08. The normalized spacial score (nSPS) is 14.4. The van der Waals surface area contributed by atoms with E-state index in [0.29, 0.717) is 6.04 Å². The molecule has 0 aromatic carbocycles. The molecule has 0 amide bonds. The summed E-state index contributed by atoms with van der Waals surface area (Å²) in [5.74, 6) is 2.07. The van der Waals surface area contributed by atoms with Gasteiger partial charge in [0.2, 0.25) is 0 Å². The van der Waals surface area contributed by atoms with E-state index in [9.17, 15) is 5.11 Å². The molecular formula is C13H22N2OS. The first kappa shape index (κ1) is 14.3. The van der Waals surface area contributed by atoms with Gasteiger partial charge in [-0.15, -0.1) is 0 Å². The van der Waals surface area contributed by atoms with Gasteiger partial charge in [-0.05, 0) is 31.2 Å². The summed E-state index contributed by atoms with van der Waals surface area (Å²) in [6, 6.07) is 4.43. The molecule has 1 unspecified atom stereocenters. The highest BCUT2D eigenvalue weighted by atomic mass is 32.2. The lowest BCUT2D eigenvalue weighted by Crippen LogP contribution is -2.33. The van der Waals surface area contributed by atoms with Gasteiger partial charge in [-0.25, -0.2) is 4.98 Å². The third kappa shape index (κ3) is 3.89. The van der Waals surface area contributed by atoms with Gasteiger partial charge in [0.25, 0.3) is 0 Å². The highest BCUT2D eigenvalue weighted by Gasteiger charge is 2.13. The summed E-state index contributed by atoms with van der Waals surface area (Å²) in [4.78, 5) is 6.62. The maximum atomic E-state index is 9.44. The quantitative estimate of drug-likeness (QED) is 0.847. The van der Waals surface area contributed by atoms with Crippen LogP contribution in [-0.4, -0.2) is 35.2 Å². The van der Waals surface area contributed by atoms with E-state index in [2.05, 4.69) is 30.1 Å². The van der Waals surface area contributed by atoms with Gasteiger partial charge in [-0.1, -0.05) is 13.0 Å². The third-order valence-electron chi connectivity index (χ3n) is 2.99. The van der Waals surface area contributed by atoms with E-state index in [1.807, 2.05) is 23.9 Å². The number of aliphatic hydroxyl groups is 1. The van der Waals surface area contributed by atoms with E-state index in [-0.39, 0.29) is 0 Å². The second kappa shape index (κ2) is 6.87. The first-order valence-corrected chi connectivity index (χ1v) is 7.35. The minimum Gasteiger partial charge on any atom is -0.389 e. The molecule has 1 rings (SSSR count). The van der Waals surface area contributed by atoms with Crippen LogP contribution in [-0.2, 0) is 0 Å². The second-order valence-electron chi connectivity index (χ2n) is 4.25. The monoisotopic (exact) mass is 254 g/mol. The van der Waals surface area contributed by atoms with Crippen LogP contribution >= 0.6 is 11.8 Å². The SMILES string of the molecule is CCC(CSC)N(C)c1ccc([C@@H](C)O)cn1. The van der Waals surface area contributed by atoms with Crippen LogP contribution in [0.15, 0.2) is 18.3 Å². The summed E-state index contributed by atoms with van der Waals surface area (Å²) in [5, 5.41) is 9.44. The molecule has 4 heteroatoms. The first-order valence-electron chi connectivity index (χ1n) is 5.95. The Bertz CT molecular complexity index is 327. The van der Waals surface area contributed by atoms with Gasteiger partial charge >= 0.3 is 0 Å².